The number of amides is 1. The van der Waals surface area contributed by atoms with E-state index in [1.165, 1.54) is 24.9 Å². The number of esters is 1. The Morgan fingerprint density at radius 1 is 1.15 bits per heavy atom. The van der Waals surface area contributed by atoms with Gasteiger partial charge in [0.1, 0.15) is 10.6 Å². The molecule has 1 atom stereocenters. The number of ketones is 1. The number of Topliss-reactive ketones (excluding diaryl/α,β-unsaturated/α-hetero) is 1. The van der Waals surface area contributed by atoms with Crippen molar-refractivity contribution < 1.29 is 23.5 Å². The van der Waals surface area contributed by atoms with E-state index in [2.05, 4.69) is 15.3 Å². The first kappa shape index (κ1) is 24.2. The molecule has 0 saturated heterocycles. The zero-order chi connectivity index (χ0) is 24.0. The van der Waals surface area contributed by atoms with Gasteiger partial charge in [0.25, 0.3) is 0 Å². The summed E-state index contributed by atoms with van der Waals surface area (Å²) >= 11 is 1.28. The molecule has 1 aromatic carbocycles. The van der Waals surface area contributed by atoms with Gasteiger partial charge in [0.2, 0.25) is 11.7 Å². The number of rotatable bonds is 9. The number of ether oxygens (including phenoxy) is 1. The minimum absolute atomic E-state index is 0.0841. The van der Waals surface area contributed by atoms with Gasteiger partial charge in [0, 0.05) is 17.7 Å². The maximum absolute atomic E-state index is 12.9. The minimum Gasteiger partial charge on any atom is -0.461 e. The third-order valence-electron chi connectivity index (χ3n) is 4.78. The lowest BCUT2D eigenvalue weighted by molar-refractivity contribution is -0.116. The topological polar surface area (TPSA) is 111 Å². The highest BCUT2D eigenvalue weighted by molar-refractivity contribution is 7.98. The normalized spacial score (nSPS) is 11.6. The number of thioether (sulfide) groups is 1. The third-order valence-corrected chi connectivity index (χ3v) is 5.46. The van der Waals surface area contributed by atoms with Crippen molar-refractivity contribution in [1.82, 2.24) is 9.97 Å². The Hall–Kier alpha value is -3.46. The summed E-state index contributed by atoms with van der Waals surface area (Å²) in [7, 11) is 0. The second-order valence-electron chi connectivity index (χ2n) is 7.28. The summed E-state index contributed by atoms with van der Waals surface area (Å²) in [6.45, 7) is 5.12. The molecule has 0 bridgehead atoms. The highest BCUT2D eigenvalue weighted by Crippen LogP contribution is 2.26. The number of anilines is 1. The van der Waals surface area contributed by atoms with Gasteiger partial charge in [-0.15, -0.1) is 11.8 Å². The van der Waals surface area contributed by atoms with Crippen LogP contribution in [-0.4, -0.2) is 40.0 Å². The average molecular weight is 468 g/mol. The number of carbonyl (C=O) groups is 3. The molecular weight excluding hydrogens is 442 g/mol. The molecule has 0 aliphatic rings. The summed E-state index contributed by atoms with van der Waals surface area (Å²) in [6, 6.07) is 9.94. The molecule has 1 N–H and O–H groups in total. The predicted octanol–water partition coefficient (Wildman–Crippen LogP) is 4.93. The lowest BCUT2D eigenvalue weighted by atomic mass is 10.1. The first-order chi connectivity index (χ1) is 15.8. The Bertz CT molecular complexity index is 1140. The summed E-state index contributed by atoms with van der Waals surface area (Å²) in [5.74, 6) is -0.252. The van der Waals surface area contributed by atoms with Gasteiger partial charge < -0.3 is 14.5 Å². The molecular formula is C24H25N3O5S. The van der Waals surface area contributed by atoms with Crippen LogP contribution in [0.2, 0.25) is 0 Å². The monoisotopic (exact) mass is 467 g/mol. The number of benzene rings is 1. The number of hydrogen-bond donors (Lipinski definition) is 1. The van der Waals surface area contributed by atoms with E-state index in [0.717, 1.165) is 6.42 Å². The number of nitrogens with one attached hydrogen (secondary N) is 1. The van der Waals surface area contributed by atoms with Crippen LogP contribution in [0, 0.1) is 6.92 Å². The molecule has 33 heavy (non-hydrogen) atoms. The molecule has 2 heterocycles. The van der Waals surface area contributed by atoms with Gasteiger partial charge in [0.15, 0.2) is 17.7 Å². The average Bonchev–Trinajstić information content (AvgIpc) is 3.33. The van der Waals surface area contributed by atoms with Gasteiger partial charge in [-0.05, 0) is 62.9 Å². The highest BCUT2D eigenvalue weighted by atomic mass is 32.2. The fourth-order valence-corrected chi connectivity index (χ4v) is 3.73. The molecule has 3 rings (SSSR count). The zero-order valence-corrected chi connectivity index (χ0v) is 19.7. The third kappa shape index (κ3) is 5.87. The molecule has 0 fully saturated rings. The van der Waals surface area contributed by atoms with Crippen molar-refractivity contribution in [2.24, 2.45) is 0 Å². The molecule has 0 spiro atoms. The Labute approximate surface area is 196 Å². The van der Waals surface area contributed by atoms with E-state index in [-0.39, 0.29) is 17.3 Å². The van der Waals surface area contributed by atoms with Crippen LogP contribution in [0.4, 0.5) is 5.69 Å². The molecule has 0 radical (unpaired) electrons. The van der Waals surface area contributed by atoms with Gasteiger partial charge in [-0.3, -0.25) is 9.59 Å². The Morgan fingerprint density at radius 3 is 2.48 bits per heavy atom. The van der Waals surface area contributed by atoms with Gasteiger partial charge >= 0.3 is 5.97 Å². The number of aromatic nitrogens is 2. The van der Waals surface area contributed by atoms with Crippen LogP contribution in [-0.2, 0) is 9.53 Å². The maximum atomic E-state index is 12.9. The van der Waals surface area contributed by atoms with E-state index in [4.69, 9.17) is 9.15 Å². The Morgan fingerprint density at radius 2 is 1.88 bits per heavy atom. The van der Waals surface area contributed by atoms with Crippen LogP contribution >= 0.6 is 11.8 Å². The van der Waals surface area contributed by atoms with Crippen LogP contribution in [0.3, 0.4) is 0 Å². The second kappa shape index (κ2) is 10.9. The quantitative estimate of drug-likeness (QED) is 0.204. The van der Waals surface area contributed by atoms with Crippen LogP contribution < -0.4 is 5.32 Å². The summed E-state index contributed by atoms with van der Waals surface area (Å²) in [5, 5.41) is 3.20. The van der Waals surface area contributed by atoms with E-state index in [0.29, 0.717) is 40.0 Å². The number of hydrogen-bond acceptors (Lipinski definition) is 8. The van der Waals surface area contributed by atoms with Crippen molar-refractivity contribution in [3.05, 3.63) is 59.5 Å². The Kier molecular flexibility index (Phi) is 8.00. The molecule has 172 valence electrons. The van der Waals surface area contributed by atoms with Gasteiger partial charge in [-0.2, -0.15) is 0 Å². The first-order valence-electron chi connectivity index (χ1n) is 10.5. The number of furan rings is 1. The van der Waals surface area contributed by atoms with E-state index < -0.39 is 12.1 Å². The largest absolute Gasteiger partial charge is 0.461 e. The predicted molar refractivity (Wildman–Crippen MR) is 125 cm³/mol. The molecule has 9 heteroatoms. The summed E-state index contributed by atoms with van der Waals surface area (Å²) in [5.41, 5.74) is 1.61. The molecule has 0 aliphatic carbocycles. The van der Waals surface area contributed by atoms with Crippen molar-refractivity contribution in [3.8, 4) is 11.6 Å². The molecule has 0 unspecified atom stereocenters. The van der Waals surface area contributed by atoms with E-state index in [1.807, 2.05) is 6.92 Å². The summed E-state index contributed by atoms with van der Waals surface area (Å²) < 4.78 is 10.8. The van der Waals surface area contributed by atoms with Crippen molar-refractivity contribution in [2.75, 3.05) is 11.6 Å². The highest BCUT2D eigenvalue weighted by Gasteiger charge is 2.25. The van der Waals surface area contributed by atoms with E-state index >= 15 is 0 Å². The molecule has 1 amide bonds. The maximum Gasteiger partial charge on any atom is 0.343 e. The van der Waals surface area contributed by atoms with Crippen molar-refractivity contribution in [3.63, 3.8) is 0 Å². The summed E-state index contributed by atoms with van der Waals surface area (Å²) in [6.07, 6.45) is 3.47. The smallest absolute Gasteiger partial charge is 0.343 e. The van der Waals surface area contributed by atoms with Gasteiger partial charge in [0.05, 0.1) is 12.0 Å². The van der Waals surface area contributed by atoms with Gasteiger partial charge in [-0.1, -0.05) is 6.92 Å². The van der Waals surface area contributed by atoms with E-state index in [9.17, 15) is 14.4 Å². The number of aryl methyl sites for hydroxylation is 1. The van der Waals surface area contributed by atoms with Gasteiger partial charge in [-0.25, -0.2) is 14.8 Å². The SMILES string of the molecule is CCCC(=O)Nc1ccc(C(=O)[C@@H](C)OC(=O)c2c(C)nc(-c3ccco3)nc2SC)cc1. The zero-order valence-electron chi connectivity index (χ0n) is 18.9. The van der Waals surface area contributed by atoms with Crippen LogP contribution in [0.5, 0.6) is 0 Å². The molecule has 0 aliphatic heterocycles. The fourth-order valence-electron chi connectivity index (χ4n) is 3.12. The Balaban J connectivity index is 1.72. The standard InChI is InChI=1S/C24H25N3O5S/c1-5-7-19(28)26-17-11-9-16(10-12-17)21(29)15(3)32-24(30)20-14(2)25-22(27-23(20)33-4)18-8-6-13-31-18/h6,8-13,15H,5,7H2,1-4H3,(H,26,28)/t15-/m1/s1. The molecule has 0 saturated carbocycles. The van der Waals surface area contributed by atoms with Crippen LogP contribution in [0.15, 0.2) is 52.1 Å². The second-order valence-corrected chi connectivity index (χ2v) is 8.08. The lowest BCUT2D eigenvalue weighted by Crippen LogP contribution is -2.25. The van der Waals surface area contributed by atoms with Crippen molar-refractivity contribution in [1.29, 1.82) is 0 Å². The molecule has 2 aromatic heterocycles. The van der Waals surface area contributed by atoms with Crippen LogP contribution in [0.25, 0.3) is 11.6 Å². The summed E-state index contributed by atoms with van der Waals surface area (Å²) in [4.78, 5) is 46.2. The van der Waals surface area contributed by atoms with Crippen molar-refractivity contribution >= 4 is 35.1 Å². The lowest BCUT2D eigenvalue weighted by Gasteiger charge is -2.15. The number of nitrogens with zero attached hydrogens (tertiary/aromatic N) is 2. The molecule has 3 aromatic rings. The molecule has 8 nitrogen and oxygen atoms in total. The van der Waals surface area contributed by atoms with Crippen molar-refractivity contribution in [2.45, 2.75) is 44.7 Å². The van der Waals surface area contributed by atoms with Crippen LogP contribution in [0.1, 0.15) is 53.1 Å². The fraction of sp³-hybridized carbons (Fsp3) is 0.292. The first-order valence-corrected chi connectivity index (χ1v) is 11.7. The minimum atomic E-state index is -1.02. The van der Waals surface area contributed by atoms with E-state index in [1.54, 1.807) is 49.6 Å². The number of carbonyl (C=O) groups excluding carboxylic acids is 3.